The Balaban J connectivity index is 1.86. The van der Waals surface area contributed by atoms with Crippen LogP contribution < -0.4 is 20.8 Å². The van der Waals surface area contributed by atoms with Gasteiger partial charge in [-0.25, -0.2) is 5.43 Å². The minimum absolute atomic E-state index is 0.0121. The highest BCUT2D eigenvalue weighted by Crippen LogP contribution is 2.33. The maximum atomic E-state index is 12.9. The fourth-order valence-electron chi connectivity index (χ4n) is 2.93. The van der Waals surface area contributed by atoms with Crippen LogP contribution in [0.1, 0.15) is 24.1 Å². The first-order valence-electron chi connectivity index (χ1n) is 8.63. The minimum atomic E-state index is -0.528. The van der Waals surface area contributed by atoms with Crippen LogP contribution in [0.3, 0.4) is 0 Å². The molecule has 1 amide bonds. The van der Waals surface area contributed by atoms with E-state index in [4.69, 9.17) is 17.0 Å². The molecule has 0 saturated heterocycles. The van der Waals surface area contributed by atoms with Crippen molar-refractivity contribution in [3.8, 4) is 11.5 Å². The van der Waals surface area contributed by atoms with E-state index in [2.05, 4.69) is 37.1 Å². The second-order valence-electron chi connectivity index (χ2n) is 6.26. The molecule has 1 aliphatic heterocycles. The van der Waals surface area contributed by atoms with Gasteiger partial charge in [0, 0.05) is 10.2 Å². The number of amides is 1. The number of allylic oxidation sites excluding steroid dienone is 1. The predicted molar refractivity (Wildman–Crippen MR) is 119 cm³/mol. The van der Waals surface area contributed by atoms with E-state index in [9.17, 15) is 9.90 Å². The zero-order valence-electron chi connectivity index (χ0n) is 15.7. The molecular weight excluding hydrogens is 456 g/mol. The van der Waals surface area contributed by atoms with Gasteiger partial charge >= 0.3 is 0 Å². The van der Waals surface area contributed by atoms with E-state index in [1.54, 1.807) is 25.3 Å². The van der Waals surface area contributed by atoms with Gasteiger partial charge in [0.15, 0.2) is 16.6 Å². The van der Waals surface area contributed by atoms with E-state index in [1.165, 1.54) is 13.2 Å². The van der Waals surface area contributed by atoms with Gasteiger partial charge in [0.05, 0.1) is 24.9 Å². The van der Waals surface area contributed by atoms with E-state index >= 15 is 0 Å². The third-order valence-electron chi connectivity index (χ3n) is 4.28. The number of aromatic hydroxyl groups is 1. The Labute approximate surface area is 182 Å². The highest BCUT2D eigenvalue weighted by atomic mass is 79.9. The van der Waals surface area contributed by atoms with E-state index < -0.39 is 6.04 Å². The molecule has 3 rings (SSSR count). The molecule has 1 aliphatic rings. The van der Waals surface area contributed by atoms with Gasteiger partial charge in [-0.2, -0.15) is 5.10 Å². The van der Waals surface area contributed by atoms with Crippen LogP contribution in [0.2, 0.25) is 0 Å². The summed E-state index contributed by atoms with van der Waals surface area (Å²) in [6.07, 6.45) is 1.56. The zero-order valence-corrected chi connectivity index (χ0v) is 18.1. The molecule has 1 unspecified atom stereocenters. The molecule has 29 heavy (non-hydrogen) atoms. The average molecular weight is 475 g/mol. The van der Waals surface area contributed by atoms with Crippen LogP contribution in [0.25, 0.3) is 0 Å². The molecule has 0 saturated carbocycles. The third-order valence-corrected chi connectivity index (χ3v) is 4.99. The van der Waals surface area contributed by atoms with Crippen molar-refractivity contribution >= 4 is 45.4 Å². The predicted octanol–water partition coefficient (Wildman–Crippen LogP) is 3.11. The van der Waals surface area contributed by atoms with Gasteiger partial charge in [0.1, 0.15) is 0 Å². The van der Waals surface area contributed by atoms with Crippen LogP contribution >= 0.6 is 28.1 Å². The molecule has 4 N–H and O–H groups in total. The van der Waals surface area contributed by atoms with Crippen molar-refractivity contribution in [3.63, 3.8) is 0 Å². The number of benzene rings is 2. The van der Waals surface area contributed by atoms with Gasteiger partial charge < -0.3 is 20.5 Å². The highest BCUT2D eigenvalue weighted by Gasteiger charge is 2.30. The molecule has 0 fully saturated rings. The second kappa shape index (κ2) is 9.06. The Morgan fingerprint density at radius 3 is 2.86 bits per heavy atom. The molecule has 0 bridgehead atoms. The summed E-state index contributed by atoms with van der Waals surface area (Å²) in [4.78, 5) is 12.9. The number of phenols is 1. The molecule has 150 valence electrons. The smallest absolute Gasteiger partial charge is 0.271 e. The van der Waals surface area contributed by atoms with Crippen LogP contribution in [0.4, 0.5) is 0 Å². The Hall–Kier alpha value is -2.91. The number of hydrogen-bond acceptors (Lipinski definition) is 5. The maximum Gasteiger partial charge on any atom is 0.271 e. The van der Waals surface area contributed by atoms with Crippen LogP contribution in [-0.4, -0.2) is 29.5 Å². The molecule has 0 aromatic heterocycles. The van der Waals surface area contributed by atoms with Crippen molar-refractivity contribution in [1.82, 2.24) is 16.1 Å². The number of thiocarbonyl (C=S) groups is 1. The molecule has 1 heterocycles. The third kappa shape index (κ3) is 4.93. The normalized spacial score (nSPS) is 16.4. The summed E-state index contributed by atoms with van der Waals surface area (Å²) in [7, 11) is 1.46. The molecule has 0 spiro atoms. The number of phenolic OH excluding ortho intramolecular Hbond substituents is 1. The van der Waals surface area contributed by atoms with Gasteiger partial charge in [0.2, 0.25) is 0 Å². The average Bonchev–Trinajstić information content (AvgIpc) is 2.67. The Kier molecular flexibility index (Phi) is 6.50. The van der Waals surface area contributed by atoms with Crippen molar-refractivity contribution in [2.45, 2.75) is 13.0 Å². The SMILES string of the molecule is COc1cc(C2NC(=S)NC(C)=C2C(=O)N/N=C/c2cccc(Br)c2)ccc1O. The monoisotopic (exact) mass is 474 g/mol. The van der Waals surface area contributed by atoms with Crippen LogP contribution in [0, 0.1) is 0 Å². The number of nitrogens with zero attached hydrogens (tertiary/aromatic N) is 1. The van der Waals surface area contributed by atoms with Crippen LogP contribution in [0.5, 0.6) is 11.5 Å². The summed E-state index contributed by atoms with van der Waals surface area (Å²) in [5.74, 6) is -0.0646. The number of carbonyl (C=O) groups is 1. The maximum absolute atomic E-state index is 12.9. The molecule has 1 atom stereocenters. The number of nitrogens with one attached hydrogen (secondary N) is 3. The summed E-state index contributed by atoms with van der Waals surface area (Å²) in [6, 6.07) is 11.9. The molecule has 9 heteroatoms. The summed E-state index contributed by atoms with van der Waals surface area (Å²) in [6.45, 7) is 1.77. The topological polar surface area (TPSA) is 95.0 Å². The van der Waals surface area contributed by atoms with Gasteiger partial charge in [-0.15, -0.1) is 0 Å². The minimum Gasteiger partial charge on any atom is -0.504 e. The van der Waals surface area contributed by atoms with Crippen molar-refractivity contribution in [2.24, 2.45) is 5.10 Å². The number of hydrogen-bond donors (Lipinski definition) is 4. The second-order valence-corrected chi connectivity index (χ2v) is 7.58. The first-order valence-corrected chi connectivity index (χ1v) is 9.83. The fraction of sp³-hybridized carbons (Fsp3) is 0.150. The lowest BCUT2D eigenvalue weighted by Gasteiger charge is -2.30. The van der Waals surface area contributed by atoms with Crippen molar-refractivity contribution in [2.75, 3.05) is 7.11 Å². The van der Waals surface area contributed by atoms with Gasteiger partial charge in [-0.1, -0.05) is 34.1 Å². The van der Waals surface area contributed by atoms with E-state index in [1.807, 2.05) is 24.3 Å². The fourth-order valence-corrected chi connectivity index (χ4v) is 3.62. The zero-order chi connectivity index (χ0) is 21.0. The van der Waals surface area contributed by atoms with Crippen LogP contribution in [0.15, 0.2) is 63.3 Å². The van der Waals surface area contributed by atoms with Crippen LogP contribution in [-0.2, 0) is 4.79 Å². The molecule has 0 aliphatic carbocycles. The van der Waals surface area contributed by atoms with Crippen molar-refractivity contribution < 1.29 is 14.6 Å². The quantitative estimate of drug-likeness (QED) is 0.302. The first kappa shape index (κ1) is 20.8. The summed E-state index contributed by atoms with van der Waals surface area (Å²) >= 11 is 8.64. The largest absolute Gasteiger partial charge is 0.504 e. The van der Waals surface area contributed by atoms with Gasteiger partial charge in [0.25, 0.3) is 5.91 Å². The Morgan fingerprint density at radius 2 is 2.14 bits per heavy atom. The summed E-state index contributed by atoms with van der Waals surface area (Å²) < 4.78 is 6.10. The molecular formula is C20H19BrN4O3S. The number of rotatable bonds is 5. The van der Waals surface area contributed by atoms with Crippen molar-refractivity contribution in [1.29, 1.82) is 0 Å². The van der Waals surface area contributed by atoms with E-state index in [0.717, 1.165) is 10.0 Å². The molecule has 2 aromatic rings. The number of carbonyl (C=O) groups excluding carboxylic acids is 1. The first-order chi connectivity index (χ1) is 13.9. The molecule has 0 radical (unpaired) electrons. The van der Waals surface area contributed by atoms with Gasteiger partial charge in [-0.3, -0.25) is 4.79 Å². The summed E-state index contributed by atoms with van der Waals surface area (Å²) in [5.41, 5.74) is 5.15. The Bertz CT molecular complexity index is 1020. The van der Waals surface area contributed by atoms with Gasteiger partial charge in [-0.05, 0) is 54.5 Å². The highest BCUT2D eigenvalue weighted by molar-refractivity contribution is 9.10. The Morgan fingerprint density at radius 1 is 1.34 bits per heavy atom. The number of ether oxygens (including phenoxy) is 1. The lowest BCUT2D eigenvalue weighted by Crippen LogP contribution is -2.46. The lowest BCUT2D eigenvalue weighted by atomic mass is 9.95. The van der Waals surface area contributed by atoms with E-state index in [-0.39, 0.29) is 11.7 Å². The van der Waals surface area contributed by atoms with E-state index in [0.29, 0.717) is 27.7 Å². The molecule has 2 aromatic carbocycles. The van der Waals surface area contributed by atoms with Crippen molar-refractivity contribution in [3.05, 3.63) is 69.3 Å². The standard InChI is InChI=1S/C20H19BrN4O3S/c1-11-17(19(27)25-22-10-12-4-3-5-14(21)8-12)18(24-20(29)23-11)13-6-7-15(26)16(9-13)28-2/h3-10,18,26H,1-2H3,(H,25,27)(H2,23,24,29)/b22-10+. The summed E-state index contributed by atoms with van der Waals surface area (Å²) in [5, 5.41) is 20.4. The number of halogens is 1. The number of methoxy groups -OCH3 is 1. The molecule has 7 nitrogen and oxygen atoms in total. The lowest BCUT2D eigenvalue weighted by molar-refractivity contribution is -0.117. The number of hydrazone groups is 1.